The second-order valence-electron chi connectivity index (χ2n) is 7.81. The summed E-state index contributed by atoms with van der Waals surface area (Å²) in [6.07, 6.45) is 8.43. The van der Waals surface area contributed by atoms with Crippen molar-refractivity contribution in [2.45, 2.75) is 57.0 Å². The molecule has 2 bridgehead atoms. The van der Waals surface area contributed by atoms with E-state index in [0.29, 0.717) is 23.9 Å². The lowest BCUT2D eigenvalue weighted by atomic mass is 9.65. The van der Waals surface area contributed by atoms with Gasteiger partial charge in [-0.1, -0.05) is 6.42 Å². The quantitative estimate of drug-likeness (QED) is 0.786. The van der Waals surface area contributed by atoms with E-state index in [1.165, 1.54) is 32.1 Å². The first-order valence-electron chi connectivity index (χ1n) is 8.76. The van der Waals surface area contributed by atoms with Crippen LogP contribution < -0.4 is 11.1 Å². The molecule has 3 saturated carbocycles. The number of carbonyl (C=O) groups excluding carboxylic acids is 1. The average molecular weight is 366 g/mol. The van der Waals surface area contributed by atoms with Crippen LogP contribution in [0.4, 0.5) is 0 Å². The number of fused-ring (bicyclic) bond motifs is 2. The molecule has 0 heterocycles. The van der Waals surface area contributed by atoms with Crippen molar-refractivity contribution in [2.75, 3.05) is 20.6 Å². The summed E-state index contributed by atoms with van der Waals surface area (Å²) in [4.78, 5) is 14.8. The number of nitrogens with zero attached hydrogens (tertiary/aromatic N) is 1. The van der Waals surface area contributed by atoms with Crippen LogP contribution in [0, 0.1) is 23.7 Å². The predicted octanol–water partition coefficient (Wildman–Crippen LogP) is 2.44. The van der Waals surface area contributed by atoms with E-state index >= 15 is 0 Å². The summed E-state index contributed by atoms with van der Waals surface area (Å²) in [5.41, 5.74) is 6.32. The van der Waals surface area contributed by atoms with Gasteiger partial charge in [0.15, 0.2) is 0 Å². The Morgan fingerprint density at radius 2 is 1.70 bits per heavy atom. The number of nitrogens with one attached hydrogen (secondary N) is 1. The zero-order chi connectivity index (χ0) is 15.0. The fraction of sp³-hybridized carbons (Fsp3) is 0.941. The standard InChI is InChI=1S/C17H31N3O.2ClH/c1-20(2)15(11-6-7-11)10-19-17(21)14-8-12-4-3-5-13(9-14)16(12)18;;/h11-16H,3-10,18H2,1-2H3,(H,19,21);2*1H. The molecule has 3 rings (SSSR count). The molecule has 136 valence electrons. The van der Waals surface area contributed by atoms with Crippen LogP contribution >= 0.6 is 24.8 Å². The third kappa shape index (κ3) is 4.97. The zero-order valence-corrected chi connectivity index (χ0v) is 16.0. The lowest BCUT2D eigenvalue weighted by Crippen LogP contribution is -2.50. The van der Waals surface area contributed by atoms with Crippen molar-refractivity contribution >= 4 is 30.7 Å². The molecule has 23 heavy (non-hydrogen) atoms. The molecule has 3 N–H and O–H groups in total. The summed E-state index contributed by atoms with van der Waals surface area (Å²) in [6.45, 7) is 0.814. The van der Waals surface area contributed by atoms with Crippen LogP contribution in [0.25, 0.3) is 0 Å². The Labute approximate surface area is 153 Å². The molecule has 0 spiro atoms. The van der Waals surface area contributed by atoms with Crippen LogP contribution in [-0.4, -0.2) is 43.5 Å². The summed E-state index contributed by atoms with van der Waals surface area (Å²) in [5, 5.41) is 3.24. The second-order valence-corrected chi connectivity index (χ2v) is 7.81. The van der Waals surface area contributed by atoms with Crippen molar-refractivity contribution in [1.29, 1.82) is 0 Å². The predicted molar refractivity (Wildman–Crippen MR) is 99.2 cm³/mol. The van der Waals surface area contributed by atoms with E-state index in [1.807, 2.05) is 0 Å². The van der Waals surface area contributed by atoms with Crippen LogP contribution in [0.2, 0.25) is 0 Å². The Kier molecular flexibility index (Phi) is 8.12. The van der Waals surface area contributed by atoms with Gasteiger partial charge in [0.25, 0.3) is 0 Å². The fourth-order valence-corrected chi connectivity index (χ4v) is 4.60. The number of halogens is 2. The molecule has 3 aliphatic rings. The molecule has 1 amide bonds. The molecule has 0 aliphatic heterocycles. The second kappa shape index (κ2) is 8.89. The summed E-state index contributed by atoms with van der Waals surface area (Å²) in [6, 6.07) is 0.864. The highest BCUT2D eigenvalue weighted by Gasteiger charge is 2.41. The van der Waals surface area contributed by atoms with E-state index in [4.69, 9.17) is 5.73 Å². The van der Waals surface area contributed by atoms with Gasteiger partial charge in [-0.05, 0) is 70.4 Å². The third-order valence-electron chi connectivity index (χ3n) is 6.10. The van der Waals surface area contributed by atoms with Crippen molar-refractivity contribution in [2.24, 2.45) is 29.4 Å². The van der Waals surface area contributed by atoms with Gasteiger partial charge in [0.2, 0.25) is 5.91 Å². The molecule has 0 aromatic rings. The highest BCUT2D eigenvalue weighted by molar-refractivity contribution is 5.85. The molecule has 0 aromatic heterocycles. The van der Waals surface area contributed by atoms with Crippen molar-refractivity contribution in [1.82, 2.24) is 10.2 Å². The third-order valence-corrected chi connectivity index (χ3v) is 6.10. The minimum Gasteiger partial charge on any atom is -0.354 e. The number of carbonyl (C=O) groups is 1. The topological polar surface area (TPSA) is 58.4 Å². The smallest absolute Gasteiger partial charge is 0.223 e. The van der Waals surface area contributed by atoms with Gasteiger partial charge in [-0.15, -0.1) is 24.8 Å². The maximum absolute atomic E-state index is 12.5. The number of hydrogen-bond donors (Lipinski definition) is 2. The van der Waals surface area contributed by atoms with Gasteiger partial charge < -0.3 is 16.0 Å². The molecule has 0 aromatic carbocycles. The maximum atomic E-state index is 12.5. The Bertz CT molecular complexity index is 374. The minimum atomic E-state index is 0. The Morgan fingerprint density at radius 3 is 2.17 bits per heavy atom. The van der Waals surface area contributed by atoms with E-state index in [1.54, 1.807) is 0 Å². The summed E-state index contributed by atoms with van der Waals surface area (Å²) < 4.78 is 0. The van der Waals surface area contributed by atoms with Gasteiger partial charge in [-0.2, -0.15) is 0 Å². The van der Waals surface area contributed by atoms with E-state index in [-0.39, 0.29) is 36.6 Å². The number of hydrogen-bond acceptors (Lipinski definition) is 3. The Balaban J connectivity index is 0.00000132. The lowest BCUT2D eigenvalue weighted by Gasteiger charge is -2.43. The molecule has 0 saturated heterocycles. The largest absolute Gasteiger partial charge is 0.354 e. The zero-order valence-electron chi connectivity index (χ0n) is 14.4. The van der Waals surface area contributed by atoms with Crippen LogP contribution in [0.15, 0.2) is 0 Å². The number of amides is 1. The highest BCUT2D eigenvalue weighted by Crippen LogP contribution is 2.42. The van der Waals surface area contributed by atoms with Gasteiger partial charge in [-0.25, -0.2) is 0 Å². The normalized spacial score (nSPS) is 34.1. The highest BCUT2D eigenvalue weighted by atomic mass is 35.5. The SMILES string of the molecule is CN(C)C(CNC(=O)C1CC2CCCC(C1)C2N)C1CC1.Cl.Cl. The summed E-state index contributed by atoms with van der Waals surface area (Å²) >= 11 is 0. The van der Waals surface area contributed by atoms with Gasteiger partial charge in [0.1, 0.15) is 0 Å². The fourth-order valence-electron chi connectivity index (χ4n) is 4.60. The molecule has 4 nitrogen and oxygen atoms in total. The Hall–Kier alpha value is -0.0300. The van der Waals surface area contributed by atoms with E-state index < -0.39 is 0 Å². The monoisotopic (exact) mass is 365 g/mol. The van der Waals surface area contributed by atoms with Crippen molar-refractivity contribution in [3.8, 4) is 0 Å². The van der Waals surface area contributed by atoms with Crippen molar-refractivity contribution < 1.29 is 4.79 Å². The van der Waals surface area contributed by atoms with Gasteiger partial charge >= 0.3 is 0 Å². The molecular weight excluding hydrogens is 333 g/mol. The Morgan fingerprint density at radius 1 is 1.13 bits per heavy atom. The molecule has 3 aliphatic carbocycles. The lowest BCUT2D eigenvalue weighted by molar-refractivity contribution is -0.128. The van der Waals surface area contributed by atoms with Gasteiger partial charge in [-0.3, -0.25) is 4.79 Å². The molecule has 0 radical (unpaired) electrons. The molecule has 3 atom stereocenters. The first-order valence-corrected chi connectivity index (χ1v) is 8.76. The summed E-state index contributed by atoms with van der Waals surface area (Å²) in [7, 11) is 4.25. The van der Waals surface area contributed by atoms with Gasteiger partial charge in [0, 0.05) is 24.5 Å². The first kappa shape index (κ1) is 21.0. The van der Waals surface area contributed by atoms with Gasteiger partial charge in [0.05, 0.1) is 0 Å². The van der Waals surface area contributed by atoms with Crippen LogP contribution in [0.5, 0.6) is 0 Å². The molecule has 3 unspecified atom stereocenters. The maximum Gasteiger partial charge on any atom is 0.223 e. The van der Waals surface area contributed by atoms with Crippen LogP contribution in [0.1, 0.15) is 44.9 Å². The number of nitrogens with two attached hydrogens (primary N) is 1. The van der Waals surface area contributed by atoms with E-state index in [9.17, 15) is 4.79 Å². The number of likely N-dealkylation sites (N-methyl/N-ethyl adjacent to an activating group) is 1. The molecular formula is C17H33Cl2N3O. The molecule has 6 heteroatoms. The minimum absolute atomic E-state index is 0. The van der Waals surface area contributed by atoms with Crippen LogP contribution in [0.3, 0.4) is 0 Å². The van der Waals surface area contributed by atoms with E-state index in [2.05, 4.69) is 24.3 Å². The van der Waals surface area contributed by atoms with Crippen molar-refractivity contribution in [3.63, 3.8) is 0 Å². The summed E-state index contributed by atoms with van der Waals surface area (Å²) in [5.74, 6) is 2.45. The average Bonchev–Trinajstić information content (AvgIpc) is 3.22. The van der Waals surface area contributed by atoms with E-state index in [0.717, 1.165) is 25.3 Å². The van der Waals surface area contributed by atoms with Crippen molar-refractivity contribution in [3.05, 3.63) is 0 Å². The molecule has 3 fully saturated rings. The van der Waals surface area contributed by atoms with Crippen LogP contribution in [-0.2, 0) is 4.79 Å². The number of rotatable bonds is 5. The first-order chi connectivity index (χ1) is 10.1.